The number of furan rings is 2. The van der Waals surface area contributed by atoms with Gasteiger partial charge in [0.25, 0.3) is 0 Å². The van der Waals surface area contributed by atoms with Gasteiger partial charge in [-0.2, -0.15) is 0 Å². The van der Waals surface area contributed by atoms with E-state index in [0.717, 1.165) is 78.0 Å². The predicted octanol–water partition coefficient (Wildman–Crippen LogP) is 19.0. The lowest BCUT2D eigenvalue weighted by Gasteiger charge is -2.30. The summed E-state index contributed by atoms with van der Waals surface area (Å²) < 4.78 is 13.6. The van der Waals surface area contributed by atoms with E-state index in [4.69, 9.17) is 8.83 Å². The highest BCUT2D eigenvalue weighted by Crippen LogP contribution is 2.59. The molecule has 0 atom stereocenters. The van der Waals surface area contributed by atoms with Crippen molar-refractivity contribution in [3.8, 4) is 11.1 Å². The zero-order valence-corrected chi connectivity index (χ0v) is 42.3. The van der Waals surface area contributed by atoms with Crippen LogP contribution in [0.2, 0.25) is 19.6 Å². The van der Waals surface area contributed by atoms with E-state index in [9.17, 15) is 0 Å². The predicted molar refractivity (Wildman–Crippen MR) is 308 cm³/mol. The summed E-state index contributed by atoms with van der Waals surface area (Å²) in [4.78, 5) is 4.84. The van der Waals surface area contributed by atoms with E-state index >= 15 is 0 Å². The standard InChI is InChI=1S/C67H52N2O2Si/c1-41-29-31-42(32-30-41)68(57-25-15-23-53-48-19-11-13-27-60(48)70-65(53)57)44-35-38-52-55(39-44)46-17-7-9-21-50(46)63-62-51-22-10-8-18-47(51)59(40-56(62)67(2,3)64(52)63)69(43-33-36-45(37-34-43)72(4,5)6)58-26-16-24-54-49-20-12-14-28-61(49)71-66(54)58/h7-40H,1-6H3. The van der Waals surface area contributed by atoms with E-state index < -0.39 is 8.07 Å². The van der Waals surface area contributed by atoms with Gasteiger partial charge in [-0.25, -0.2) is 0 Å². The largest absolute Gasteiger partial charge is 0.454 e. The Morgan fingerprint density at radius 1 is 0.375 bits per heavy atom. The third kappa shape index (κ3) is 6.23. The van der Waals surface area contributed by atoms with Gasteiger partial charge in [0.05, 0.1) is 25.1 Å². The minimum Gasteiger partial charge on any atom is -0.454 e. The molecule has 1 aliphatic carbocycles. The monoisotopic (exact) mass is 944 g/mol. The van der Waals surface area contributed by atoms with Crippen LogP contribution >= 0.6 is 0 Å². The van der Waals surface area contributed by atoms with Crippen LogP contribution < -0.4 is 15.0 Å². The Kier molecular flexibility index (Phi) is 9.18. The van der Waals surface area contributed by atoms with Gasteiger partial charge in [0, 0.05) is 49.4 Å². The molecule has 2 heterocycles. The molecule has 0 saturated heterocycles. The molecule has 0 radical (unpaired) electrons. The van der Waals surface area contributed by atoms with E-state index in [0.29, 0.717) is 0 Å². The summed E-state index contributed by atoms with van der Waals surface area (Å²) in [6.07, 6.45) is 0. The third-order valence-corrected chi connectivity index (χ3v) is 17.7. The van der Waals surface area contributed by atoms with Gasteiger partial charge < -0.3 is 18.6 Å². The lowest BCUT2D eigenvalue weighted by molar-refractivity contribution is 0.666. The van der Waals surface area contributed by atoms with E-state index in [1.807, 2.05) is 6.07 Å². The van der Waals surface area contributed by atoms with Gasteiger partial charge in [0.15, 0.2) is 11.2 Å². The molecule has 0 spiro atoms. The molecule has 0 aliphatic heterocycles. The molecule has 11 aromatic carbocycles. The first-order chi connectivity index (χ1) is 35.0. The van der Waals surface area contributed by atoms with Crippen molar-refractivity contribution >= 4 is 124 Å². The first-order valence-electron chi connectivity index (χ1n) is 25.2. The molecule has 0 bridgehead atoms. The van der Waals surface area contributed by atoms with Gasteiger partial charge in [-0.15, -0.1) is 0 Å². The van der Waals surface area contributed by atoms with E-state index in [-0.39, 0.29) is 5.41 Å². The van der Waals surface area contributed by atoms with Crippen LogP contribution in [0.4, 0.5) is 34.1 Å². The zero-order valence-electron chi connectivity index (χ0n) is 41.3. The molecule has 72 heavy (non-hydrogen) atoms. The number of aryl methyl sites for hydroxylation is 1. The van der Waals surface area contributed by atoms with Crippen molar-refractivity contribution in [2.24, 2.45) is 0 Å². The minimum atomic E-state index is -1.58. The molecule has 0 N–H and O–H groups in total. The zero-order chi connectivity index (χ0) is 48.6. The smallest absolute Gasteiger partial charge is 0.159 e. The van der Waals surface area contributed by atoms with E-state index in [2.05, 4.69) is 250 Å². The number of para-hydroxylation sites is 4. The summed E-state index contributed by atoms with van der Waals surface area (Å²) in [6, 6.07) is 75.8. The number of benzene rings is 11. The maximum absolute atomic E-state index is 6.86. The maximum Gasteiger partial charge on any atom is 0.159 e. The van der Waals surface area contributed by atoms with Crippen LogP contribution in [0.1, 0.15) is 30.5 Å². The van der Waals surface area contributed by atoms with Crippen LogP contribution in [0.3, 0.4) is 0 Å². The number of hydrogen-bond donors (Lipinski definition) is 0. The molecule has 13 aromatic rings. The van der Waals surface area contributed by atoms with Crippen molar-refractivity contribution in [1.82, 2.24) is 0 Å². The summed E-state index contributed by atoms with van der Waals surface area (Å²) in [5.74, 6) is 0. The van der Waals surface area contributed by atoms with Crippen molar-refractivity contribution in [2.75, 3.05) is 9.80 Å². The summed E-state index contributed by atoms with van der Waals surface area (Å²) >= 11 is 0. The van der Waals surface area contributed by atoms with Crippen LogP contribution in [0.5, 0.6) is 0 Å². The average molecular weight is 945 g/mol. The van der Waals surface area contributed by atoms with Gasteiger partial charge in [0.1, 0.15) is 11.2 Å². The highest BCUT2D eigenvalue weighted by molar-refractivity contribution is 6.88. The van der Waals surface area contributed by atoms with Gasteiger partial charge in [-0.05, 0) is 123 Å². The maximum atomic E-state index is 6.86. The van der Waals surface area contributed by atoms with E-state index in [1.54, 1.807) is 0 Å². The molecule has 0 saturated carbocycles. The fourth-order valence-electron chi connectivity index (χ4n) is 12.1. The molecule has 4 nitrogen and oxygen atoms in total. The second-order valence-corrected chi connectivity index (χ2v) is 26.4. The number of rotatable bonds is 7. The lowest BCUT2D eigenvalue weighted by Crippen LogP contribution is -2.37. The van der Waals surface area contributed by atoms with Gasteiger partial charge >= 0.3 is 0 Å². The Hall–Kier alpha value is -8.38. The van der Waals surface area contributed by atoms with Crippen molar-refractivity contribution in [1.29, 1.82) is 0 Å². The first kappa shape index (κ1) is 42.5. The molecular formula is C67H52N2O2Si. The summed E-state index contributed by atoms with van der Waals surface area (Å²) in [7, 11) is -1.58. The van der Waals surface area contributed by atoms with Crippen LogP contribution in [-0.2, 0) is 5.41 Å². The second-order valence-electron chi connectivity index (χ2n) is 21.3. The Labute approximate surface area is 420 Å². The van der Waals surface area contributed by atoms with Gasteiger partial charge in [-0.3, -0.25) is 0 Å². The Balaban J connectivity index is 1.02. The molecule has 0 unspecified atom stereocenters. The molecule has 14 rings (SSSR count). The van der Waals surface area contributed by atoms with Crippen LogP contribution in [-0.4, -0.2) is 8.07 Å². The van der Waals surface area contributed by atoms with Crippen molar-refractivity contribution < 1.29 is 8.83 Å². The van der Waals surface area contributed by atoms with Crippen molar-refractivity contribution in [3.63, 3.8) is 0 Å². The molecule has 0 fully saturated rings. The first-order valence-corrected chi connectivity index (χ1v) is 28.7. The highest BCUT2D eigenvalue weighted by Gasteiger charge is 2.41. The number of fused-ring (bicyclic) bond motifs is 16. The molecule has 0 amide bonds. The van der Waals surface area contributed by atoms with Gasteiger partial charge in [-0.1, -0.05) is 184 Å². The Morgan fingerprint density at radius 3 is 1.47 bits per heavy atom. The number of hydrogen-bond acceptors (Lipinski definition) is 4. The average Bonchev–Trinajstić information content (AvgIpc) is 4.06. The quantitative estimate of drug-likeness (QED) is 0.118. The van der Waals surface area contributed by atoms with Crippen LogP contribution in [0.25, 0.3) is 87.3 Å². The molecule has 1 aliphatic rings. The molecule has 2 aromatic heterocycles. The van der Waals surface area contributed by atoms with Gasteiger partial charge in [0.2, 0.25) is 0 Å². The molecule has 346 valence electrons. The molecule has 5 heteroatoms. The Bertz CT molecular complexity index is 4360. The van der Waals surface area contributed by atoms with Crippen molar-refractivity contribution in [3.05, 3.63) is 223 Å². The number of anilines is 6. The fraction of sp³-hybridized carbons (Fsp3) is 0.104. The normalized spacial score (nSPS) is 13.2. The SMILES string of the molecule is Cc1ccc(N(c2ccc3c4c(c5ccccc5c3c2)-c2c(cc(N(c3ccc([Si](C)(C)C)cc3)c3cccc5c3oc3ccccc35)c3ccccc23)C4(C)C)c2cccc3c2oc2ccccc23)cc1. The highest BCUT2D eigenvalue weighted by atomic mass is 28.3. The van der Waals surface area contributed by atoms with E-state index in [1.165, 1.54) is 65.3 Å². The Morgan fingerprint density at radius 2 is 0.861 bits per heavy atom. The fourth-order valence-corrected chi connectivity index (χ4v) is 13.3. The van der Waals surface area contributed by atoms with Crippen LogP contribution in [0.15, 0.2) is 215 Å². The summed E-state index contributed by atoms with van der Waals surface area (Å²) in [5, 5.41) is 13.3. The third-order valence-electron chi connectivity index (χ3n) is 15.6. The summed E-state index contributed by atoms with van der Waals surface area (Å²) in [6.45, 7) is 14.3. The summed E-state index contributed by atoms with van der Waals surface area (Å²) in [5.41, 5.74) is 16.0. The minimum absolute atomic E-state index is 0.386. The second kappa shape index (κ2) is 15.6. The number of nitrogens with zero attached hydrogens (tertiary/aromatic N) is 2. The molecular weight excluding hydrogens is 893 g/mol. The lowest BCUT2D eigenvalue weighted by atomic mass is 9.79. The topological polar surface area (TPSA) is 32.8 Å². The van der Waals surface area contributed by atoms with Crippen molar-refractivity contribution in [2.45, 2.75) is 45.8 Å². The van der Waals surface area contributed by atoms with Crippen LogP contribution in [0, 0.1) is 6.92 Å².